The van der Waals surface area contributed by atoms with E-state index >= 15 is 0 Å². The molecular formula is C21H20FN3O. The van der Waals surface area contributed by atoms with Gasteiger partial charge in [-0.15, -0.1) is 0 Å². The van der Waals surface area contributed by atoms with Gasteiger partial charge in [-0.3, -0.25) is 4.90 Å². The van der Waals surface area contributed by atoms with E-state index in [0.29, 0.717) is 29.9 Å². The van der Waals surface area contributed by atoms with Gasteiger partial charge in [0.1, 0.15) is 5.82 Å². The van der Waals surface area contributed by atoms with Crippen LogP contribution < -0.4 is 16.0 Å². The molecule has 3 aromatic carbocycles. The summed E-state index contributed by atoms with van der Waals surface area (Å²) in [4.78, 5) is 14.4. The highest BCUT2D eigenvalue weighted by molar-refractivity contribution is 5.99. The molecule has 0 atom stereocenters. The van der Waals surface area contributed by atoms with E-state index in [0.717, 1.165) is 5.69 Å². The van der Waals surface area contributed by atoms with Gasteiger partial charge in [-0.25, -0.2) is 9.18 Å². The van der Waals surface area contributed by atoms with E-state index in [9.17, 15) is 9.18 Å². The Hall–Kier alpha value is -3.34. The van der Waals surface area contributed by atoms with E-state index in [1.54, 1.807) is 47.4 Å². The molecule has 3 N–H and O–H groups in total. The van der Waals surface area contributed by atoms with Gasteiger partial charge in [0.15, 0.2) is 0 Å². The summed E-state index contributed by atoms with van der Waals surface area (Å²) in [6.45, 7) is 0.331. The molecule has 26 heavy (non-hydrogen) atoms. The SMILES string of the molecule is Nc1ccc(N(C(=O)NCCc2ccccc2F)c2ccccc2)cc1. The molecule has 0 spiro atoms. The van der Waals surface area contributed by atoms with Crippen LogP contribution in [0.5, 0.6) is 0 Å². The van der Waals surface area contributed by atoms with Crippen LogP contribution in [0.3, 0.4) is 0 Å². The van der Waals surface area contributed by atoms with Crippen LogP contribution in [0.15, 0.2) is 78.9 Å². The Bertz CT molecular complexity index is 866. The number of para-hydroxylation sites is 1. The summed E-state index contributed by atoms with van der Waals surface area (Å²) >= 11 is 0. The number of rotatable bonds is 5. The quantitative estimate of drug-likeness (QED) is 0.666. The van der Waals surface area contributed by atoms with Crippen molar-refractivity contribution in [2.45, 2.75) is 6.42 Å². The zero-order chi connectivity index (χ0) is 18.4. The number of urea groups is 1. The number of carbonyl (C=O) groups is 1. The van der Waals surface area contributed by atoms with E-state index in [2.05, 4.69) is 5.32 Å². The van der Waals surface area contributed by atoms with Crippen molar-refractivity contribution in [3.05, 3.63) is 90.2 Å². The molecule has 0 aliphatic carbocycles. The third-order valence-corrected chi connectivity index (χ3v) is 4.00. The predicted octanol–water partition coefficient (Wildman–Crippen LogP) is 4.50. The maximum Gasteiger partial charge on any atom is 0.326 e. The zero-order valence-corrected chi connectivity index (χ0v) is 14.2. The van der Waals surface area contributed by atoms with E-state index in [4.69, 9.17) is 5.73 Å². The van der Waals surface area contributed by atoms with Crippen molar-refractivity contribution in [3.63, 3.8) is 0 Å². The Balaban J connectivity index is 1.75. The topological polar surface area (TPSA) is 58.4 Å². The average Bonchev–Trinajstić information content (AvgIpc) is 2.66. The van der Waals surface area contributed by atoms with Crippen LogP contribution in [-0.4, -0.2) is 12.6 Å². The first-order valence-corrected chi connectivity index (χ1v) is 8.37. The molecule has 0 aromatic heterocycles. The van der Waals surface area contributed by atoms with E-state index < -0.39 is 0 Å². The van der Waals surface area contributed by atoms with Gasteiger partial charge in [0.25, 0.3) is 0 Å². The lowest BCUT2D eigenvalue weighted by molar-refractivity contribution is 0.248. The van der Waals surface area contributed by atoms with Crippen molar-refractivity contribution in [1.29, 1.82) is 0 Å². The van der Waals surface area contributed by atoms with Gasteiger partial charge in [0.2, 0.25) is 0 Å². The average molecular weight is 349 g/mol. The van der Waals surface area contributed by atoms with Crippen molar-refractivity contribution in [2.24, 2.45) is 0 Å². The Morgan fingerprint density at radius 3 is 2.19 bits per heavy atom. The monoisotopic (exact) mass is 349 g/mol. The van der Waals surface area contributed by atoms with Crippen LogP contribution >= 0.6 is 0 Å². The van der Waals surface area contributed by atoms with Gasteiger partial charge in [-0.1, -0.05) is 36.4 Å². The molecule has 0 aliphatic heterocycles. The molecule has 0 radical (unpaired) electrons. The number of hydrogen-bond donors (Lipinski definition) is 2. The predicted molar refractivity (Wildman–Crippen MR) is 103 cm³/mol. The molecule has 3 aromatic rings. The Morgan fingerprint density at radius 2 is 1.50 bits per heavy atom. The minimum atomic E-state index is -0.280. The number of nitrogens with two attached hydrogens (primary N) is 1. The van der Waals surface area contributed by atoms with Crippen molar-refractivity contribution in [2.75, 3.05) is 17.2 Å². The molecule has 0 saturated heterocycles. The van der Waals surface area contributed by atoms with Crippen LogP contribution in [-0.2, 0) is 6.42 Å². The largest absolute Gasteiger partial charge is 0.399 e. The first-order chi connectivity index (χ1) is 12.6. The number of hydrogen-bond acceptors (Lipinski definition) is 2. The maximum absolute atomic E-state index is 13.7. The van der Waals surface area contributed by atoms with Crippen molar-refractivity contribution in [3.8, 4) is 0 Å². The summed E-state index contributed by atoms with van der Waals surface area (Å²) in [7, 11) is 0. The lowest BCUT2D eigenvalue weighted by atomic mass is 10.1. The van der Waals surface area contributed by atoms with Crippen LogP contribution in [0.25, 0.3) is 0 Å². The van der Waals surface area contributed by atoms with Gasteiger partial charge in [-0.05, 0) is 54.4 Å². The van der Waals surface area contributed by atoms with Crippen LogP contribution in [0.1, 0.15) is 5.56 Å². The molecule has 5 heteroatoms. The van der Waals surface area contributed by atoms with Crippen LogP contribution in [0.4, 0.5) is 26.2 Å². The molecule has 4 nitrogen and oxygen atoms in total. The molecule has 0 unspecified atom stereocenters. The smallest absolute Gasteiger partial charge is 0.326 e. The lowest BCUT2D eigenvalue weighted by Gasteiger charge is -2.23. The molecule has 0 fully saturated rings. The Morgan fingerprint density at radius 1 is 0.885 bits per heavy atom. The fourth-order valence-corrected chi connectivity index (χ4v) is 2.67. The molecule has 3 rings (SSSR count). The van der Waals surface area contributed by atoms with E-state index in [-0.39, 0.29) is 11.8 Å². The number of nitrogen functional groups attached to an aromatic ring is 1. The number of carbonyl (C=O) groups excluding carboxylic acids is 1. The number of amides is 2. The first-order valence-electron chi connectivity index (χ1n) is 8.37. The molecule has 0 aliphatic rings. The second kappa shape index (κ2) is 8.16. The number of halogens is 1. The van der Waals surface area contributed by atoms with Crippen LogP contribution in [0, 0.1) is 5.82 Å². The number of nitrogens with one attached hydrogen (secondary N) is 1. The summed E-state index contributed by atoms with van der Waals surface area (Å²) < 4.78 is 13.7. The molecule has 2 amide bonds. The molecule has 0 bridgehead atoms. The molecule has 0 saturated carbocycles. The minimum absolute atomic E-state index is 0.264. The van der Waals surface area contributed by atoms with Crippen molar-refractivity contribution in [1.82, 2.24) is 5.32 Å². The van der Waals surface area contributed by atoms with E-state index in [1.165, 1.54) is 6.07 Å². The highest BCUT2D eigenvalue weighted by Crippen LogP contribution is 2.26. The third-order valence-electron chi connectivity index (χ3n) is 4.00. The Kier molecular flexibility index (Phi) is 5.49. The maximum atomic E-state index is 13.7. The lowest BCUT2D eigenvalue weighted by Crippen LogP contribution is -2.38. The van der Waals surface area contributed by atoms with Crippen LogP contribution in [0.2, 0.25) is 0 Å². The van der Waals surface area contributed by atoms with Crippen molar-refractivity contribution < 1.29 is 9.18 Å². The summed E-state index contributed by atoms with van der Waals surface area (Å²) in [6, 6.07) is 22.7. The number of nitrogens with zero attached hydrogens (tertiary/aromatic N) is 1. The highest BCUT2D eigenvalue weighted by atomic mass is 19.1. The zero-order valence-electron chi connectivity index (χ0n) is 14.2. The number of benzene rings is 3. The Labute approximate surface area is 152 Å². The molecular weight excluding hydrogens is 329 g/mol. The normalized spacial score (nSPS) is 10.3. The number of anilines is 3. The third kappa shape index (κ3) is 4.19. The molecule has 132 valence electrons. The van der Waals surface area contributed by atoms with E-state index in [1.807, 2.05) is 30.3 Å². The minimum Gasteiger partial charge on any atom is -0.399 e. The van der Waals surface area contributed by atoms with Crippen molar-refractivity contribution >= 4 is 23.1 Å². The summed E-state index contributed by atoms with van der Waals surface area (Å²) in [5.74, 6) is -0.264. The molecule has 0 heterocycles. The summed E-state index contributed by atoms with van der Waals surface area (Å²) in [6.07, 6.45) is 0.419. The standard InChI is InChI=1S/C21H20FN3O/c22-20-9-5-4-6-16(20)14-15-24-21(26)25(18-7-2-1-3-8-18)19-12-10-17(23)11-13-19/h1-13H,14-15,23H2,(H,24,26). The highest BCUT2D eigenvalue weighted by Gasteiger charge is 2.17. The van der Waals surface area contributed by atoms with Gasteiger partial charge in [-0.2, -0.15) is 0 Å². The second-order valence-electron chi connectivity index (χ2n) is 5.84. The van der Waals surface area contributed by atoms with Gasteiger partial charge < -0.3 is 11.1 Å². The first kappa shape index (κ1) is 17.5. The summed E-state index contributed by atoms with van der Waals surface area (Å²) in [5.41, 5.74) is 8.39. The van der Waals surface area contributed by atoms with Gasteiger partial charge in [0.05, 0.1) is 11.4 Å². The second-order valence-corrected chi connectivity index (χ2v) is 5.84. The van der Waals surface area contributed by atoms with Gasteiger partial charge in [0, 0.05) is 12.2 Å². The summed E-state index contributed by atoms with van der Waals surface area (Å²) in [5, 5.41) is 2.86. The van der Waals surface area contributed by atoms with Gasteiger partial charge >= 0.3 is 6.03 Å². The fraction of sp³-hybridized carbons (Fsp3) is 0.0952. The fourth-order valence-electron chi connectivity index (χ4n) is 2.67.